The number of ether oxygens (including phenoxy) is 1. The van der Waals surface area contributed by atoms with E-state index in [1.807, 2.05) is 47.4 Å². The van der Waals surface area contributed by atoms with Crippen molar-refractivity contribution in [3.05, 3.63) is 54.6 Å². The number of piperazine rings is 1. The number of quaternary nitrogens is 1. The van der Waals surface area contributed by atoms with Gasteiger partial charge in [-0.1, -0.05) is 18.2 Å². The van der Waals surface area contributed by atoms with E-state index in [0.717, 1.165) is 37.6 Å². The summed E-state index contributed by atoms with van der Waals surface area (Å²) in [6.07, 6.45) is 0. The second-order valence-electron chi connectivity index (χ2n) is 7.30. The van der Waals surface area contributed by atoms with E-state index < -0.39 is 0 Å². The van der Waals surface area contributed by atoms with Gasteiger partial charge in [-0.3, -0.25) is 4.79 Å². The van der Waals surface area contributed by atoms with Crippen LogP contribution in [0.15, 0.2) is 54.6 Å². The number of nitrogens with one attached hydrogen (secondary N) is 1. The predicted molar refractivity (Wildman–Crippen MR) is 110 cm³/mol. The molecule has 0 saturated carbocycles. The lowest BCUT2D eigenvalue weighted by atomic mass is 10.2. The van der Waals surface area contributed by atoms with Crippen molar-refractivity contribution in [3.8, 4) is 5.75 Å². The van der Waals surface area contributed by atoms with Crippen molar-refractivity contribution in [2.45, 2.75) is 19.9 Å². The summed E-state index contributed by atoms with van der Waals surface area (Å²) in [5.74, 6) is 1.08. The number of carbonyl (C=O) groups excluding carboxylic acids is 1. The maximum Gasteiger partial charge on any atom is 0.282 e. The average molecular weight is 369 g/mol. The molecule has 1 aliphatic heterocycles. The normalized spacial score (nSPS) is 15.0. The van der Waals surface area contributed by atoms with Gasteiger partial charge in [0.1, 0.15) is 5.75 Å². The Morgan fingerprint density at radius 3 is 2.26 bits per heavy atom. The Labute approximate surface area is 162 Å². The van der Waals surface area contributed by atoms with Gasteiger partial charge in [-0.15, -0.1) is 0 Å². The zero-order valence-corrected chi connectivity index (χ0v) is 16.5. The molecule has 1 N–H and O–H groups in total. The van der Waals surface area contributed by atoms with E-state index in [-0.39, 0.29) is 11.9 Å². The molecule has 0 atom stereocenters. The monoisotopic (exact) mass is 368 g/mol. The highest BCUT2D eigenvalue weighted by molar-refractivity contribution is 5.94. The number of para-hydroxylation sites is 1. The van der Waals surface area contributed by atoms with Crippen LogP contribution in [0.25, 0.3) is 0 Å². The largest absolute Gasteiger partial charge is 0.497 e. The number of methoxy groups -OCH3 is 1. The van der Waals surface area contributed by atoms with Crippen LogP contribution in [0.3, 0.4) is 0 Å². The van der Waals surface area contributed by atoms with Crippen LogP contribution in [0.2, 0.25) is 0 Å². The molecular formula is C22H30N3O2+. The number of rotatable bonds is 6. The Balaban J connectivity index is 1.57. The molecule has 3 rings (SSSR count). The third-order valence-electron chi connectivity index (χ3n) is 5.13. The van der Waals surface area contributed by atoms with Crippen molar-refractivity contribution < 1.29 is 14.4 Å². The Hall–Kier alpha value is -2.53. The molecule has 1 heterocycles. The SMILES string of the molecule is COc1ccc(N2CC[NH+](CC(=O)N(c3ccccc3)C(C)C)CC2)cc1. The molecule has 1 aliphatic rings. The van der Waals surface area contributed by atoms with Gasteiger partial charge in [0.2, 0.25) is 0 Å². The Morgan fingerprint density at radius 1 is 1.07 bits per heavy atom. The van der Waals surface area contributed by atoms with Crippen molar-refractivity contribution in [2.75, 3.05) is 49.6 Å². The Kier molecular flexibility index (Phi) is 6.35. The summed E-state index contributed by atoms with van der Waals surface area (Å²) in [7, 11) is 1.68. The molecule has 144 valence electrons. The fourth-order valence-corrected chi connectivity index (χ4v) is 3.67. The minimum absolute atomic E-state index is 0.153. The van der Waals surface area contributed by atoms with Gasteiger partial charge in [0.15, 0.2) is 6.54 Å². The van der Waals surface area contributed by atoms with E-state index in [9.17, 15) is 4.79 Å². The van der Waals surface area contributed by atoms with E-state index in [1.165, 1.54) is 10.6 Å². The molecule has 0 spiro atoms. The van der Waals surface area contributed by atoms with Crippen molar-refractivity contribution in [3.63, 3.8) is 0 Å². The molecule has 2 aromatic rings. The number of benzene rings is 2. The number of amides is 1. The quantitative estimate of drug-likeness (QED) is 0.845. The highest BCUT2D eigenvalue weighted by atomic mass is 16.5. The van der Waals surface area contributed by atoms with Gasteiger partial charge < -0.3 is 19.4 Å². The number of hydrogen-bond donors (Lipinski definition) is 1. The lowest BCUT2D eigenvalue weighted by Crippen LogP contribution is -3.16. The summed E-state index contributed by atoms with van der Waals surface area (Å²) in [5.41, 5.74) is 2.20. The van der Waals surface area contributed by atoms with Crippen molar-refractivity contribution in [1.29, 1.82) is 0 Å². The van der Waals surface area contributed by atoms with Crippen molar-refractivity contribution >= 4 is 17.3 Å². The first kappa shape index (κ1) is 19.2. The van der Waals surface area contributed by atoms with Crippen LogP contribution < -0.4 is 19.4 Å². The average Bonchev–Trinajstić information content (AvgIpc) is 2.69. The molecule has 0 aliphatic carbocycles. The predicted octanol–water partition coefficient (Wildman–Crippen LogP) is 1.84. The van der Waals surface area contributed by atoms with Crippen LogP contribution in [0.5, 0.6) is 5.75 Å². The van der Waals surface area contributed by atoms with E-state index in [0.29, 0.717) is 6.54 Å². The van der Waals surface area contributed by atoms with Crippen molar-refractivity contribution in [1.82, 2.24) is 0 Å². The first-order valence-electron chi connectivity index (χ1n) is 9.68. The Morgan fingerprint density at radius 2 is 1.70 bits per heavy atom. The number of hydrogen-bond acceptors (Lipinski definition) is 3. The van der Waals surface area contributed by atoms with Gasteiger partial charge in [-0.25, -0.2) is 0 Å². The third kappa shape index (κ3) is 4.80. The minimum Gasteiger partial charge on any atom is -0.497 e. The van der Waals surface area contributed by atoms with Gasteiger partial charge >= 0.3 is 0 Å². The van der Waals surface area contributed by atoms with E-state index in [2.05, 4.69) is 30.9 Å². The molecule has 27 heavy (non-hydrogen) atoms. The summed E-state index contributed by atoms with van der Waals surface area (Å²) < 4.78 is 5.23. The maximum absolute atomic E-state index is 13.0. The smallest absolute Gasteiger partial charge is 0.282 e. The second-order valence-corrected chi connectivity index (χ2v) is 7.30. The molecule has 0 radical (unpaired) electrons. The number of anilines is 2. The van der Waals surface area contributed by atoms with E-state index in [4.69, 9.17) is 4.74 Å². The van der Waals surface area contributed by atoms with Gasteiger partial charge in [0.05, 0.1) is 33.3 Å². The molecule has 0 unspecified atom stereocenters. The van der Waals surface area contributed by atoms with Crippen LogP contribution in [-0.2, 0) is 4.79 Å². The van der Waals surface area contributed by atoms with Gasteiger partial charge in [0, 0.05) is 17.4 Å². The van der Waals surface area contributed by atoms with Crippen LogP contribution in [0.4, 0.5) is 11.4 Å². The van der Waals surface area contributed by atoms with Crippen molar-refractivity contribution in [2.24, 2.45) is 0 Å². The molecule has 1 fully saturated rings. The number of carbonyl (C=O) groups is 1. The summed E-state index contributed by atoms with van der Waals surface area (Å²) in [6, 6.07) is 18.3. The molecule has 1 saturated heterocycles. The zero-order chi connectivity index (χ0) is 19.2. The van der Waals surface area contributed by atoms with E-state index >= 15 is 0 Å². The molecule has 5 nitrogen and oxygen atoms in total. The summed E-state index contributed by atoms with van der Waals surface area (Å²) >= 11 is 0. The summed E-state index contributed by atoms with van der Waals surface area (Å²) in [5, 5.41) is 0. The number of nitrogens with zero attached hydrogens (tertiary/aromatic N) is 2. The zero-order valence-electron chi connectivity index (χ0n) is 16.5. The van der Waals surface area contributed by atoms with Crippen LogP contribution >= 0.6 is 0 Å². The second kappa shape index (κ2) is 8.91. The molecule has 5 heteroatoms. The fraction of sp³-hybridized carbons (Fsp3) is 0.409. The fourth-order valence-electron chi connectivity index (χ4n) is 3.67. The van der Waals surface area contributed by atoms with Gasteiger partial charge in [-0.2, -0.15) is 0 Å². The standard InChI is InChI=1S/C22H29N3O2/c1-18(2)25(20-7-5-4-6-8-20)22(26)17-23-13-15-24(16-14-23)19-9-11-21(27-3)12-10-19/h4-12,18H,13-17H2,1-3H3/p+1. The lowest BCUT2D eigenvalue weighted by molar-refractivity contribution is -0.892. The first-order valence-corrected chi connectivity index (χ1v) is 9.68. The van der Waals surface area contributed by atoms with Gasteiger partial charge in [0.25, 0.3) is 5.91 Å². The van der Waals surface area contributed by atoms with Crippen LogP contribution in [0, 0.1) is 0 Å². The molecular weight excluding hydrogens is 338 g/mol. The van der Waals surface area contributed by atoms with E-state index in [1.54, 1.807) is 7.11 Å². The third-order valence-corrected chi connectivity index (χ3v) is 5.13. The highest BCUT2D eigenvalue weighted by Crippen LogP contribution is 2.19. The summed E-state index contributed by atoms with van der Waals surface area (Å²) in [4.78, 5) is 18.6. The molecule has 0 bridgehead atoms. The highest BCUT2D eigenvalue weighted by Gasteiger charge is 2.26. The Bertz CT molecular complexity index is 723. The van der Waals surface area contributed by atoms with Crippen LogP contribution in [-0.4, -0.2) is 51.8 Å². The minimum atomic E-state index is 0.153. The lowest BCUT2D eigenvalue weighted by Gasteiger charge is -2.35. The topological polar surface area (TPSA) is 37.2 Å². The molecule has 1 amide bonds. The molecule has 0 aromatic heterocycles. The first-order chi connectivity index (χ1) is 13.1. The molecule has 2 aromatic carbocycles. The summed E-state index contributed by atoms with van der Waals surface area (Å²) in [6.45, 7) is 8.55. The maximum atomic E-state index is 13.0. The van der Waals surface area contributed by atoms with Crippen LogP contribution in [0.1, 0.15) is 13.8 Å². The van der Waals surface area contributed by atoms with Gasteiger partial charge in [-0.05, 0) is 50.2 Å².